The summed E-state index contributed by atoms with van der Waals surface area (Å²) in [4.78, 5) is 12.5. The largest absolute Gasteiger partial charge is 0.381 e. The highest BCUT2D eigenvalue weighted by Crippen LogP contribution is 2.30. The Labute approximate surface area is 138 Å². The smallest absolute Gasteiger partial charge is 0.240 e. The van der Waals surface area contributed by atoms with E-state index in [9.17, 15) is 10.1 Å². The molecule has 0 radical (unpaired) electrons. The minimum atomic E-state index is -0.910. The van der Waals surface area contributed by atoms with Crippen molar-refractivity contribution in [1.29, 1.82) is 5.26 Å². The topological polar surface area (TPSA) is 62.1 Å². The van der Waals surface area contributed by atoms with Crippen LogP contribution in [0.5, 0.6) is 0 Å². The first-order valence-corrected chi connectivity index (χ1v) is 8.38. The van der Waals surface area contributed by atoms with Crippen molar-refractivity contribution < 1.29 is 9.53 Å². The number of ether oxygens (including phenoxy) is 1. The third-order valence-corrected chi connectivity index (χ3v) is 4.80. The van der Waals surface area contributed by atoms with Crippen molar-refractivity contribution in [3.05, 3.63) is 35.9 Å². The zero-order valence-electron chi connectivity index (χ0n) is 14.0. The van der Waals surface area contributed by atoms with Crippen molar-refractivity contribution >= 4 is 5.91 Å². The van der Waals surface area contributed by atoms with Gasteiger partial charge in [-0.25, -0.2) is 0 Å². The third-order valence-electron chi connectivity index (χ3n) is 4.80. The van der Waals surface area contributed by atoms with E-state index in [1.807, 2.05) is 18.2 Å². The first-order chi connectivity index (χ1) is 11.1. The van der Waals surface area contributed by atoms with Crippen LogP contribution in [-0.4, -0.2) is 25.7 Å². The molecule has 0 aliphatic carbocycles. The molecule has 1 aromatic carbocycles. The van der Waals surface area contributed by atoms with E-state index in [1.165, 1.54) is 5.56 Å². The van der Waals surface area contributed by atoms with Crippen LogP contribution in [0.4, 0.5) is 0 Å². The number of nitriles is 1. The van der Waals surface area contributed by atoms with Gasteiger partial charge in [0.25, 0.3) is 0 Å². The van der Waals surface area contributed by atoms with Gasteiger partial charge in [-0.05, 0) is 36.7 Å². The van der Waals surface area contributed by atoms with E-state index in [1.54, 1.807) is 0 Å². The van der Waals surface area contributed by atoms with Crippen molar-refractivity contribution in [1.82, 2.24) is 5.32 Å². The summed E-state index contributed by atoms with van der Waals surface area (Å²) in [7, 11) is 0. The van der Waals surface area contributed by atoms with E-state index in [2.05, 4.69) is 37.4 Å². The van der Waals surface area contributed by atoms with Crippen molar-refractivity contribution in [2.45, 2.75) is 33.1 Å². The van der Waals surface area contributed by atoms with E-state index in [0.29, 0.717) is 44.4 Å². The Morgan fingerprint density at radius 2 is 1.96 bits per heavy atom. The van der Waals surface area contributed by atoms with Crippen molar-refractivity contribution in [3.63, 3.8) is 0 Å². The van der Waals surface area contributed by atoms with Gasteiger partial charge in [-0.3, -0.25) is 4.79 Å². The van der Waals surface area contributed by atoms with Gasteiger partial charge < -0.3 is 10.1 Å². The average molecular weight is 314 g/mol. The zero-order chi connectivity index (χ0) is 16.7. The molecule has 1 fully saturated rings. The number of carbonyl (C=O) groups excluding carboxylic acids is 1. The van der Waals surface area contributed by atoms with Gasteiger partial charge in [0.05, 0.1) is 6.07 Å². The van der Waals surface area contributed by atoms with Gasteiger partial charge in [0.15, 0.2) is 0 Å². The summed E-state index contributed by atoms with van der Waals surface area (Å²) in [5, 5.41) is 12.5. The lowest BCUT2D eigenvalue weighted by atomic mass is 9.80. The average Bonchev–Trinajstić information content (AvgIpc) is 2.59. The standard InChI is InChI=1S/C19H26N2O2/c1-15(2)17(12-16-6-4-3-5-7-16)13-21-18(22)19(14-20)8-10-23-11-9-19/h3-7,15,17H,8-13H2,1-2H3,(H,21,22). The second kappa shape index (κ2) is 8.12. The van der Waals surface area contributed by atoms with E-state index in [0.717, 1.165) is 6.42 Å². The molecule has 124 valence electrons. The Morgan fingerprint density at radius 3 is 2.52 bits per heavy atom. The molecule has 23 heavy (non-hydrogen) atoms. The van der Waals surface area contributed by atoms with Crippen LogP contribution in [0.15, 0.2) is 30.3 Å². The summed E-state index contributed by atoms with van der Waals surface area (Å²) in [6, 6.07) is 12.6. The molecule has 4 nitrogen and oxygen atoms in total. The lowest BCUT2D eigenvalue weighted by Gasteiger charge is -2.30. The molecule has 1 N–H and O–H groups in total. The minimum Gasteiger partial charge on any atom is -0.381 e. The van der Waals surface area contributed by atoms with Gasteiger partial charge in [-0.15, -0.1) is 0 Å². The molecule has 1 atom stereocenters. The van der Waals surface area contributed by atoms with Gasteiger partial charge in [-0.2, -0.15) is 5.26 Å². The van der Waals surface area contributed by atoms with E-state index >= 15 is 0 Å². The fourth-order valence-corrected chi connectivity index (χ4v) is 2.96. The van der Waals surface area contributed by atoms with Gasteiger partial charge >= 0.3 is 0 Å². The molecule has 4 heteroatoms. The molecule has 0 aromatic heterocycles. The van der Waals surface area contributed by atoms with Crippen molar-refractivity contribution in [3.8, 4) is 6.07 Å². The molecule has 1 unspecified atom stereocenters. The number of rotatable bonds is 6. The minimum absolute atomic E-state index is 0.137. The predicted molar refractivity (Wildman–Crippen MR) is 89.6 cm³/mol. The Balaban J connectivity index is 1.95. The molecule has 1 heterocycles. The maximum Gasteiger partial charge on any atom is 0.240 e. The Bertz CT molecular complexity index is 542. The van der Waals surface area contributed by atoms with Gasteiger partial charge in [0, 0.05) is 19.8 Å². The van der Waals surface area contributed by atoms with Crippen LogP contribution in [0.2, 0.25) is 0 Å². The highest BCUT2D eigenvalue weighted by molar-refractivity contribution is 5.85. The normalized spacial score (nSPS) is 18.2. The van der Waals surface area contributed by atoms with E-state index in [4.69, 9.17) is 4.74 Å². The summed E-state index contributed by atoms with van der Waals surface area (Å²) in [6.45, 7) is 5.93. The first-order valence-electron chi connectivity index (χ1n) is 8.38. The highest BCUT2D eigenvalue weighted by Gasteiger charge is 2.40. The molecule has 0 bridgehead atoms. The fraction of sp³-hybridized carbons (Fsp3) is 0.579. The van der Waals surface area contributed by atoms with Crippen molar-refractivity contribution in [2.24, 2.45) is 17.3 Å². The molecular formula is C19H26N2O2. The van der Waals surface area contributed by atoms with E-state index < -0.39 is 5.41 Å². The van der Waals surface area contributed by atoms with Crippen molar-refractivity contribution in [2.75, 3.05) is 19.8 Å². The van der Waals surface area contributed by atoms with Gasteiger partial charge in [0.1, 0.15) is 5.41 Å². The van der Waals surface area contributed by atoms with Gasteiger partial charge in [-0.1, -0.05) is 44.2 Å². The number of nitrogens with one attached hydrogen (secondary N) is 1. The lowest BCUT2D eigenvalue weighted by molar-refractivity contribution is -0.132. The molecule has 1 saturated heterocycles. The molecule has 2 rings (SSSR count). The van der Waals surface area contributed by atoms with Crippen LogP contribution in [0, 0.1) is 28.6 Å². The number of hydrogen-bond donors (Lipinski definition) is 1. The zero-order valence-corrected chi connectivity index (χ0v) is 14.0. The molecule has 1 aliphatic heterocycles. The molecule has 1 aliphatic rings. The molecule has 1 aromatic rings. The lowest BCUT2D eigenvalue weighted by Crippen LogP contribution is -2.45. The van der Waals surface area contributed by atoms with E-state index in [-0.39, 0.29) is 5.91 Å². The predicted octanol–water partition coefficient (Wildman–Crippen LogP) is 2.94. The Morgan fingerprint density at radius 1 is 1.30 bits per heavy atom. The van der Waals surface area contributed by atoms with Crippen LogP contribution in [0.25, 0.3) is 0 Å². The second-order valence-electron chi connectivity index (χ2n) is 6.71. The number of nitrogens with zero attached hydrogens (tertiary/aromatic N) is 1. The highest BCUT2D eigenvalue weighted by atomic mass is 16.5. The Kier molecular flexibility index (Phi) is 6.18. The summed E-state index contributed by atoms with van der Waals surface area (Å²) in [5.41, 5.74) is 0.369. The second-order valence-corrected chi connectivity index (χ2v) is 6.71. The maximum absolute atomic E-state index is 12.5. The number of benzene rings is 1. The SMILES string of the molecule is CC(C)C(CNC(=O)C1(C#N)CCOCC1)Cc1ccccc1. The summed E-state index contributed by atoms with van der Waals surface area (Å²) in [5.74, 6) is 0.683. The summed E-state index contributed by atoms with van der Waals surface area (Å²) < 4.78 is 5.29. The fourth-order valence-electron chi connectivity index (χ4n) is 2.96. The van der Waals surface area contributed by atoms with Gasteiger partial charge in [0.2, 0.25) is 5.91 Å². The van der Waals surface area contributed by atoms with Crippen LogP contribution >= 0.6 is 0 Å². The van der Waals surface area contributed by atoms with Crippen LogP contribution in [0.3, 0.4) is 0 Å². The first kappa shape index (κ1) is 17.5. The molecule has 0 saturated carbocycles. The third kappa shape index (κ3) is 4.56. The monoisotopic (exact) mass is 314 g/mol. The van der Waals surface area contributed by atoms with Crippen LogP contribution in [-0.2, 0) is 16.0 Å². The molecule has 0 spiro atoms. The number of hydrogen-bond acceptors (Lipinski definition) is 3. The molecule has 1 amide bonds. The maximum atomic E-state index is 12.5. The Hall–Kier alpha value is -1.86. The number of amides is 1. The molecular weight excluding hydrogens is 288 g/mol. The van der Waals surface area contributed by atoms with Crippen LogP contribution in [0.1, 0.15) is 32.3 Å². The summed E-state index contributed by atoms with van der Waals surface area (Å²) in [6.07, 6.45) is 1.90. The number of carbonyl (C=O) groups is 1. The quantitative estimate of drug-likeness (QED) is 0.878. The summed E-state index contributed by atoms with van der Waals surface area (Å²) >= 11 is 0. The van der Waals surface area contributed by atoms with Crippen LogP contribution < -0.4 is 5.32 Å².